The molecule has 3 rings (SSSR count). The summed E-state index contributed by atoms with van der Waals surface area (Å²) in [5, 5.41) is 2.71. The van der Waals surface area contributed by atoms with Crippen LogP contribution in [0.5, 0.6) is 0 Å². The van der Waals surface area contributed by atoms with Crippen LogP contribution in [0.3, 0.4) is 0 Å². The molecule has 62 valence electrons. The lowest BCUT2D eigenvalue weighted by molar-refractivity contribution is -0.394. The van der Waals surface area contributed by atoms with Gasteiger partial charge < -0.3 is 0 Å². The summed E-state index contributed by atoms with van der Waals surface area (Å²) < 4.78 is 2.18. The van der Waals surface area contributed by atoms with E-state index in [0.29, 0.717) is 0 Å². The summed E-state index contributed by atoms with van der Waals surface area (Å²) in [6, 6.07) is 12.9. The largest absolute Gasteiger partial charge is 0.213 e. The molecule has 1 aliphatic rings. The number of hydrogen-bond donors (Lipinski definition) is 0. The first kappa shape index (κ1) is 6.84. The molecule has 1 heterocycles. The Labute approximate surface area is 76.9 Å². The average molecular weight is 168 g/mol. The van der Waals surface area contributed by atoms with Crippen molar-refractivity contribution in [2.45, 2.75) is 0 Å². The summed E-state index contributed by atoms with van der Waals surface area (Å²) in [7, 11) is 2.09. The van der Waals surface area contributed by atoms with Crippen LogP contribution in [-0.2, 0) is 0 Å². The van der Waals surface area contributed by atoms with E-state index < -0.39 is 0 Å². The Morgan fingerprint density at radius 1 is 1.00 bits per heavy atom. The molecule has 0 spiro atoms. The van der Waals surface area contributed by atoms with E-state index in [9.17, 15) is 0 Å². The van der Waals surface area contributed by atoms with E-state index in [1.807, 2.05) is 0 Å². The Hall–Kier alpha value is -1.63. The number of benzene rings is 2. The average Bonchev–Trinajstić information content (AvgIpc) is 2.47. The fraction of sp³-hybridized carbons (Fsp3) is 0.0833. The van der Waals surface area contributed by atoms with Gasteiger partial charge >= 0.3 is 0 Å². The molecule has 0 unspecified atom stereocenters. The summed E-state index contributed by atoms with van der Waals surface area (Å²) in [5.41, 5.74) is 2.64. The van der Waals surface area contributed by atoms with Crippen LogP contribution in [0.25, 0.3) is 10.8 Å². The molecule has 2 aromatic rings. The molecule has 0 amide bonds. The van der Waals surface area contributed by atoms with Crippen LogP contribution in [0.4, 0.5) is 5.69 Å². The number of nitrogens with zero attached hydrogens (tertiary/aromatic N) is 1. The minimum atomic E-state index is 1.31. The van der Waals surface area contributed by atoms with Gasteiger partial charge in [-0.25, -0.2) is 4.58 Å². The fourth-order valence-corrected chi connectivity index (χ4v) is 2.03. The van der Waals surface area contributed by atoms with Gasteiger partial charge in [-0.05, 0) is 11.5 Å². The Bertz CT molecular complexity index is 518. The molecular formula is C12H10N+. The molecule has 0 saturated carbocycles. The maximum absolute atomic E-state index is 2.18. The Balaban J connectivity index is 2.59. The van der Waals surface area contributed by atoms with Crippen LogP contribution < -0.4 is 0 Å². The van der Waals surface area contributed by atoms with Crippen molar-refractivity contribution in [3.8, 4) is 0 Å². The van der Waals surface area contributed by atoms with Gasteiger partial charge in [-0.2, -0.15) is 0 Å². The second kappa shape index (κ2) is 2.19. The van der Waals surface area contributed by atoms with Crippen molar-refractivity contribution in [3.63, 3.8) is 0 Å². The molecule has 0 aromatic heterocycles. The summed E-state index contributed by atoms with van der Waals surface area (Å²) in [5.74, 6) is 0. The lowest BCUT2D eigenvalue weighted by atomic mass is 10.1. The Morgan fingerprint density at radius 2 is 1.77 bits per heavy atom. The van der Waals surface area contributed by atoms with Gasteiger partial charge in [0.05, 0.1) is 10.9 Å². The molecule has 13 heavy (non-hydrogen) atoms. The maximum atomic E-state index is 2.18. The summed E-state index contributed by atoms with van der Waals surface area (Å²) in [4.78, 5) is 0. The van der Waals surface area contributed by atoms with Gasteiger partial charge in [-0.1, -0.05) is 24.3 Å². The zero-order valence-electron chi connectivity index (χ0n) is 7.49. The van der Waals surface area contributed by atoms with Gasteiger partial charge in [0, 0.05) is 6.07 Å². The molecule has 1 aliphatic heterocycles. The van der Waals surface area contributed by atoms with Gasteiger partial charge in [0.25, 0.3) is 0 Å². The standard InChI is InChI=1S/C12H10N/c1-13-8-10-6-2-4-9-5-3-7-11(13)12(9)10/h2-8H,1H3/q+1. The van der Waals surface area contributed by atoms with E-state index in [2.05, 4.69) is 54.2 Å². The summed E-state index contributed by atoms with van der Waals surface area (Å²) in [6.45, 7) is 0. The lowest BCUT2D eigenvalue weighted by Gasteiger charge is -1.95. The van der Waals surface area contributed by atoms with E-state index >= 15 is 0 Å². The minimum Gasteiger partial charge on any atom is -0.200 e. The topological polar surface area (TPSA) is 3.01 Å². The van der Waals surface area contributed by atoms with Crippen LogP contribution in [0.2, 0.25) is 0 Å². The number of rotatable bonds is 0. The SMILES string of the molecule is C[N+]1=Cc2cccc3cccc1c23. The van der Waals surface area contributed by atoms with E-state index in [0.717, 1.165) is 0 Å². The molecule has 1 heteroatoms. The molecule has 0 radical (unpaired) electrons. The third-order valence-corrected chi connectivity index (χ3v) is 2.63. The first-order valence-electron chi connectivity index (χ1n) is 4.46. The molecule has 0 N–H and O–H groups in total. The molecule has 0 saturated heterocycles. The monoisotopic (exact) mass is 168 g/mol. The van der Waals surface area contributed by atoms with Gasteiger partial charge in [-0.3, -0.25) is 0 Å². The molecule has 0 atom stereocenters. The molecule has 2 aromatic carbocycles. The van der Waals surface area contributed by atoms with Crippen LogP contribution in [0, 0.1) is 0 Å². The van der Waals surface area contributed by atoms with Crippen molar-refractivity contribution in [3.05, 3.63) is 42.0 Å². The summed E-state index contributed by atoms with van der Waals surface area (Å²) >= 11 is 0. The molecule has 0 aliphatic carbocycles. The zero-order valence-corrected chi connectivity index (χ0v) is 7.49. The molecule has 0 bridgehead atoms. The predicted octanol–water partition coefficient (Wildman–Crippen LogP) is 2.55. The minimum absolute atomic E-state index is 1.31. The predicted molar refractivity (Wildman–Crippen MR) is 55.0 cm³/mol. The van der Waals surface area contributed by atoms with Crippen LogP contribution in [-0.4, -0.2) is 17.8 Å². The molecule has 0 fully saturated rings. The van der Waals surface area contributed by atoms with Crippen molar-refractivity contribution in [2.24, 2.45) is 0 Å². The zero-order chi connectivity index (χ0) is 8.84. The van der Waals surface area contributed by atoms with E-state index in [-0.39, 0.29) is 0 Å². The van der Waals surface area contributed by atoms with Crippen molar-refractivity contribution < 1.29 is 4.58 Å². The molecular weight excluding hydrogens is 158 g/mol. The van der Waals surface area contributed by atoms with E-state index in [4.69, 9.17) is 0 Å². The Kier molecular flexibility index (Phi) is 1.15. The van der Waals surface area contributed by atoms with E-state index in [1.165, 1.54) is 22.0 Å². The van der Waals surface area contributed by atoms with Crippen molar-refractivity contribution in [2.75, 3.05) is 7.05 Å². The number of hydrogen-bond acceptors (Lipinski definition) is 0. The van der Waals surface area contributed by atoms with Crippen LogP contribution >= 0.6 is 0 Å². The highest BCUT2D eigenvalue weighted by Gasteiger charge is 2.19. The maximum Gasteiger partial charge on any atom is 0.213 e. The highest BCUT2D eigenvalue weighted by molar-refractivity contribution is 6.06. The third kappa shape index (κ3) is 0.788. The Morgan fingerprint density at radius 3 is 2.62 bits per heavy atom. The quantitative estimate of drug-likeness (QED) is 0.532. The van der Waals surface area contributed by atoms with Crippen molar-refractivity contribution in [1.29, 1.82) is 0 Å². The van der Waals surface area contributed by atoms with Gasteiger partial charge in [0.1, 0.15) is 7.05 Å². The second-order valence-corrected chi connectivity index (χ2v) is 3.46. The fourth-order valence-electron chi connectivity index (χ4n) is 2.03. The first-order chi connectivity index (χ1) is 6.36. The van der Waals surface area contributed by atoms with Gasteiger partial charge in [-0.15, -0.1) is 0 Å². The van der Waals surface area contributed by atoms with Gasteiger partial charge in [0.2, 0.25) is 5.69 Å². The highest BCUT2D eigenvalue weighted by atomic mass is 15.0. The third-order valence-electron chi connectivity index (χ3n) is 2.63. The van der Waals surface area contributed by atoms with E-state index in [1.54, 1.807) is 0 Å². The smallest absolute Gasteiger partial charge is 0.200 e. The second-order valence-electron chi connectivity index (χ2n) is 3.46. The summed E-state index contributed by atoms with van der Waals surface area (Å²) in [6.07, 6.45) is 2.18. The molecule has 1 nitrogen and oxygen atoms in total. The lowest BCUT2D eigenvalue weighted by Crippen LogP contribution is -1.92. The van der Waals surface area contributed by atoms with Crippen molar-refractivity contribution >= 4 is 22.7 Å². The highest BCUT2D eigenvalue weighted by Crippen LogP contribution is 2.31. The van der Waals surface area contributed by atoms with Crippen molar-refractivity contribution in [1.82, 2.24) is 0 Å². The van der Waals surface area contributed by atoms with Crippen LogP contribution in [0.15, 0.2) is 36.4 Å². The van der Waals surface area contributed by atoms with Crippen LogP contribution in [0.1, 0.15) is 5.56 Å². The van der Waals surface area contributed by atoms with Gasteiger partial charge in [0.15, 0.2) is 6.21 Å². The normalized spacial score (nSPS) is 13.5. The first-order valence-corrected chi connectivity index (χ1v) is 4.46.